The molecule has 0 bridgehead atoms. The predicted molar refractivity (Wildman–Crippen MR) is 62.7 cm³/mol. The molecule has 0 radical (unpaired) electrons. The van der Waals surface area contributed by atoms with Crippen molar-refractivity contribution < 1.29 is 13.9 Å². The topological polar surface area (TPSA) is 77.5 Å². The molecule has 5 heteroatoms. The number of aryl methyl sites for hydroxylation is 1. The molecule has 0 aromatic carbocycles. The van der Waals surface area contributed by atoms with Crippen LogP contribution in [0.3, 0.4) is 0 Å². The summed E-state index contributed by atoms with van der Waals surface area (Å²) >= 11 is 0. The van der Waals surface area contributed by atoms with Crippen molar-refractivity contribution in [3.8, 4) is 0 Å². The van der Waals surface area contributed by atoms with Gasteiger partial charge in [-0.1, -0.05) is 0 Å². The molecule has 1 aliphatic rings. The lowest BCUT2D eigenvalue weighted by Gasteiger charge is -2.36. The van der Waals surface area contributed by atoms with Crippen molar-refractivity contribution in [1.82, 2.24) is 5.32 Å². The lowest BCUT2D eigenvalue weighted by atomic mass is 9.90. The van der Waals surface area contributed by atoms with Gasteiger partial charge in [0.15, 0.2) is 5.76 Å². The summed E-state index contributed by atoms with van der Waals surface area (Å²) in [5.74, 6) is 0.171. The summed E-state index contributed by atoms with van der Waals surface area (Å²) in [6, 6.07) is 1.77. The number of furan rings is 1. The van der Waals surface area contributed by atoms with Gasteiger partial charge in [-0.2, -0.15) is 0 Å². The molecule has 2 rings (SSSR count). The Hall–Kier alpha value is -1.33. The average molecular weight is 238 g/mol. The SMILES string of the molecule is Cc1ccoc1C(=O)NC1(CN)CCOCC1. The highest BCUT2D eigenvalue weighted by Crippen LogP contribution is 2.20. The summed E-state index contributed by atoms with van der Waals surface area (Å²) in [4.78, 5) is 12.1. The van der Waals surface area contributed by atoms with E-state index in [1.807, 2.05) is 6.92 Å². The Morgan fingerprint density at radius 1 is 1.53 bits per heavy atom. The van der Waals surface area contributed by atoms with Crippen LogP contribution in [0.2, 0.25) is 0 Å². The molecular formula is C12H18N2O3. The largest absolute Gasteiger partial charge is 0.459 e. The van der Waals surface area contributed by atoms with Gasteiger partial charge in [0.2, 0.25) is 0 Å². The minimum absolute atomic E-state index is 0.195. The summed E-state index contributed by atoms with van der Waals surface area (Å²) in [6.07, 6.45) is 3.01. The average Bonchev–Trinajstić information content (AvgIpc) is 2.77. The van der Waals surface area contributed by atoms with Crippen molar-refractivity contribution in [3.63, 3.8) is 0 Å². The van der Waals surface area contributed by atoms with Crippen LogP contribution in [-0.4, -0.2) is 31.2 Å². The predicted octanol–water partition coefficient (Wildman–Crippen LogP) is 0.826. The first-order valence-corrected chi connectivity index (χ1v) is 5.81. The fourth-order valence-electron chi connectivity index (χ4n) is 2.05. The summed E-state index contributed by atoms with van der Waals surface area (Å²) in [5, 5.41) is 2.99. The number of ether oxygens (including phenoxy) is 1. The van der Waals surface area contributed by atoms with Crippen molar-refractivity contribution in [2.75, 3.05) is 19.8 Å². The van der Waals surface area contributed by atoms with Gasteiger partial charge in [-0.25, -0.2) is 0 Å². The maximum absolute atomic E-state index is 12.1. The monoisotopic (exact) mass is 238 g/mol. The van der Waals surface area contributed by atoms with Crippen LogP contribution in [0.1, 0.15) is 29.0 Å². The first-order valence-electron chi connectivity index (χ1n) is 5.81. The summed E-state index contributed by atoms with van der Waals surface area (Å²) in [7, 11) is 0. The van der Waals surface area contributed by atoms with Gasteiger partial charge < -0.3 is 20.2 Å². The highest BCUT2D eigenvalue weighted by Gasteiger charge is 2.33. The number of carbonyl (C=O) groups is 1. The molecule has 0 aliphatic carbocycles. The molecule has 1 amide bonds. The number of rotatable bonds is 3. The molecule has 0 saturated carbocycles. The number of hydrogen-bond donors (Lipinski definition) is 2. The number of hydrogen-bond acceptors (Lipinski definition) is 4. The van der Waals surface area contributed by atoms with Crippen molar-refractivity contribution >= 4 is 5.91 Å². The van der Waals surface area contributed by atoms with Crippen LogP contribution in [-0.2, 0) is 4.74 Å². The first-order chi connectivity index (χ1) is 8.17. The van der Waals surface area contributed by atoms with Crippen molar-refractivity contribution in [2.45, 2.75) is 25.3 Å². The molecule has 0 unspecified atom stereocenters. The third-order valence-corrected chi connectivity index (χ3v) is 3.29. The fraction of sp³-hybridized carbons (Fsp3) is 0.583. The van der Waals surface area contributed by atoms with E-state index in [-0.39, 0.29) is 11.4 Å². The lowest BCUT2D eigenvalue weighted by Crippen LogP contribution is -2.56. The zero-order valence-electron chi connectivity index (χ0n) is 9.99. The summed E-state index contributed by atoms with van der Waals surface area (Å²) in [5.41, 5.74) is 6.26. The standard InChI is InChI=1S/C12H18N2O3/c1-9-2-5-17-10(9)11(15)14-12(8-13)3-6-16-7-4-12/h2,5H,3-4,6-8,13H2,1H3,(H,14,15). The maximum atomic E-state index is 12.1. The number of carbonyl (C=O) groups excluding carboxylic acids is 1. The van der Waals surface area contributed by atoms with E-state index in [1.54, 1.807) is 6.07 Å². The van der Waals surface area contributed by atoms with Crippen molar-refractivity contribution in [2.24, 2.45) is 5.73 Å². The molecule has 3 N–H and O–H groups in total. The van der Waals surface area contributed by atoms with Crippen LogP contribution >= 0.6 is 0 Å². The molecule has 1 aliphatic heterocycles. The molecule has 94 valence electrons. The zero-order valence-corrected chi connectivity index (χ0v) is 9.99. The number of nitrogens with one attached hydrogen (secondary N) is 1. The van der Waals surface area contributed by atoms with Gasteiger partial charge in [0.25, 0.3) is 5.91 Å². The van der Waals surface area contributed by atoms with Gasteiger partial charge in [-0.05, 0) is 25.8 Å². The Bertz CT molecular complexity index is 394. The maximum Gasteiger partial charge on any atom is 0.287 e. The van der Waals surface area contributed by atoms with E-state index in [1.165, 1.54) is 6.26 Å². The minimum Gasteiger partial charge on any atom is -0.459 e. The molecule has 1 fully saturated rings. The van der Waals surface area contributed by atoms with Gasteiger partial charge in [0, 0.05) is 25.3 Å². The fourth-order valence-corrected chi connectivity index (χ4v) is 2.05. The molecule has 1 aromatic heterocycles. The van der Waals surface area contributed by atoms with Gasteiger partial charge in [-0.15, -0.1) is 0 Å². The summed E-state index contributed by atoms with van der Waals surface area (Å²) in [6.45, 7) is 3.53. The molecular weight excluding hydrogens is 220 g/mol. The van der Waals surface area contributed by atoms with E-state index in [0.717, 1.165) is 18.4 Å². The Balaban J connectivity index is 2.08. The van der Waals surface area contributed by atoms with E-state index >= 15 is 0 Å². The molecule has 17 heavy (non-hydrogen) atoms. The molecule has 0 spiro atoms. The quantitative estimate of drug-likeness (QED) is 0.817. The second kappa shape index (κ2) is 4.89. The number of nitrogens with two attached hydrogens (primary N) is 1. The molecule has 0 atom stereocenters. The Kier molecular flexibility index (Phi) is 3.49. The van der Waals surface area contributed by atoms with Gasteiger partial charge in [-0.3, -0.25) is 4.79 Å². The Morgan fingerprint density at radius 2 is 2.24 bits per heavy atom. The van der Waals surface area contributed by atoms with Crippen LogP contribution < -0.4 is 11.1 Å². The minimum atomic E-state index is -0.353. The van der Waals surface area contributed by atoms with Crippen molar-refractivity contribution in [3.05, 3.63) is 23.7 Å². The van der Waals surface area contributed by atoms with E-state index in [9.17, 15) is 4.79 Å². The van der Waals surface area contributed by atoms with Gasteiger partial charge >= 0.3 is 0 Å². The highest BCUT2D eigenvalue weighted by atomic mass is 16.5. The van der Waals surface area contributed by atoms with E-state index in [2.05, 4.69) is 5.32 Å². The van der Waals surface area contributed by atoms with Gasteiger partial charge in [0.1, 0.15) is 0 Å². The van der Waals surface area contributed by atoms with Crippen LogP contribution in [0.15, 0.2) is 16.7 Å². The third-order valence-electron chi connectivity index (χ3n) is 3.29. The molecule has 1 aromatic rings. The normalized spacial score (nSPS) is 18.9. The van der Waals surface area contributed by atoms with Crippen LogP contribution in [0.4, 0.5) is 0 Å². The molecule has 5 nitrogen and oxygen atoms in total. The van der Waals surface area contributed by atoms with E-state index in [0.29, 0.717) is 25.5 Å². The van der Waals surface area contributed by atoms with E-state index < -0.39 is 0 Å². The smallest absolute Gasteiger partial charge is 0.287 e. The van der Waals surface area contributed by atoms with Crippen LogP contribution in [0.5, 0.6) is 0 Å². The Morgan fingerprint density at radius 3 is 2.76 bits per heavy atom. The second-order valence-electron chi connectivity index (χ2n) is 4.48. The van der Waals surface area contributed by atoms with Crippen LogP contribution in [0, 0.1) is 6.92 Å². The third kappa shape index (κ3) is 2.50. The van der Waals surface area contributed by atoms with Crippen LogP contribution in [0.25, 0.3) is 0 Å². The number of amides is 1. The second-order valence-corrected chi connectivity index (χ2v) is 4.48. The van der Waals surface area contributed by atoms with Gasteiger partial charge in [0.05, 0.1) is 11.8 Å². The summed E-state index contributed by atoms with van der Waals surface area (Å²) < 4.78 is 10.5. The molecule has 2 heterocycles. The molecule has 1 saturated heterocycles. The zero-order chi connectivity index (χ0) is 12.3. The first kappa shape index (κ1) is 12.1. The van der Waals surface area contributed by atoms with E-state index in [4.69, 9.17) is 14.9 Å². The van der Waals surface area contributed by atoms with Crippen molar-refractivity contribution in [1.29, 1.82) is 0 Å². The Labute approximate surface area is 100 Å². The highest BCUT2D eigenvalue weighted by molar-refractivity contribution is 5.93. The lowest BCUT2D eigenvalue weighted by molar-refractivity contribution is 0.0380.